The van der Waals surface area contributed by atoms with Gasteiger partial charge in [-0.25, -0.2) is 4.99 Å². The van der Waals surface area contributed by atoms with E-state index in [2.05, 4.69) is 62.4 Å². The molecule has 0 unspecified atom stereocenters. The van der Waals surface area contributed by atoms with Crippen LogP contribution in [-0.4, -0.2) is 23.1 Å². The predicted molar refractivity (Wildman–Crippen MR) is 149 cm³/mol. The zero-order valence-electron chi connectivity index (χ0n) is 21.7. The van der Waals surface area contributed by atoms with Gasteiger partial charge in [0.1, 0.15) is 11.6 Å². The second kappa shape index (κ2) is 13.5. The van der Waals surface area contributed by atoms with Gasteiger partial charge in [-0.15, -0.1) is 0 Å². The predicted octanol–water partition coefficient (Wildman–Crippen LogP) is 8.29. The smallest absolute Gasteiger partial charge is 0.139 e. The Balaban J connectivity index is 2.07. The average molecular weight is 460 g/mol. The molecule has 1 aromatic heterocycles. The summed E-state index contributed by atoms with van der Waals surface area (Å²) in [4.78, 5) is 9.31. The lowest BCUT2D eigenvalue weighted by Gasteiger charge is -2.25. The number of ether oxygens (including phenoxy) is 1. The van der Waals surface area contributed by atoms with Gasteiger partial charge in [0.05, 0.1) is 6.61 Å². The molecule has 0 saturated carbocycles. The van der Waals surface area contributed by atoms with Gasteiger partial charge in [-0.05, 0) is 68.9 Å². The van der Waals surface area contributed by atoms with E-state index in [0.717, 1.165) is 72.7 Å². The molecule has 0 radical (unpaired) electrons. The van der Waals surface area contributed by atoms with Crippen molar-refractivity contribution in [2.45, 2.75) is 59.8 Å². The molecule has 0 N–H and O–H groups in total. The lowest BCUT2D eigenvalue weighted by molar-refractivity contribution is 0.224. The van der Waals surface area contributed by atoms with Crippen LogP contribution in [0, 0.1) is 5.41 Å². The van der Waals surface area contributed by atoms with Crippen LogP contribution in [0.3, 0.4) is 0 Å². The van der Waals surface area contributed by atoms with E-state index in [1.807, 2.05) is 56.2 Å². The summed E-state index contributed by atoms with van der Waals surface area (Å²) in [6, 6.07) is 2.07. The highest BCUT2D eigenvalue weighted by molar-refractivity contribution is 5.85. The Hall–Kier alpha value is -3.14. The van der Waals surface area contributed by atoms with Crippen LogP contribution in [0.25, 0.3) is 5.57 Å². The Labute approximate surface area is 206 Å². The summed E-state index contributed by atoms with van der Waals surface area (Å²) in [7, 11) is 2.01. The number of hydrogen-bond donors (Lipinski definition) is 0. The van der Waals surface area contributed by atoms with E-state index in [-0.39, 0.29) is 5.41 Å². The molecule has 0 fully saturated rings. The van der Waals surface area contributed by atoms with Crippen LogP contribution in [0.5, 0.6) is 0 Å². The Kier molecular flexibility index (Phi) is 10.8. The van der Waals surface area contributed by atoms with Crippen LogP contribution < -0.4 is 0 Å². The molecule has 1 aliphatic rings. The third-order valence-corrected chi connectivity index (χ3v) is 6.01. The molecule has 1 aromatic rings. The Morgan fingerprint density at radius 1 is 1.26 bits per heavy atom. The van der Waals surface area contributed by atoms with E-state index in [1.54, 1.807) is 0 Å². The van der Waals surface area contributed by atoms with Crippen molar-refractivity contribution in [1.29, 1.82) is 0 Å². The maximum Gasteiger partial charge on any atom is 0.139 e. The maximum absolute atomic E-state index is 5.81. The first-order chi connectivity index (χ1) is 16.3. The molecule has 34 heavy (non-hydrogen) atoms. The number of rotatable bonds is 12. The number of nitrogens with zero attached hydrogens (tertiary/aromatic N) is 3. The molecule has 1 atom stereocenters. The topological polar surface area (TPSA) is 38.9 Å². The molecule has 0 bridgehead atoms. The van der Waals surface area contributed by atoms with Crippen molar-refractivity contribution in [2.24, 2.45) is 22.4 Å². The Bertz CT molecular complexity index is 1030. The van der Waals surface area contributed by atoms with E-state index in [0.29, 0.717) is 0 Å². The van der Waals surface area contributed by atoms with Gasteiger partial charge in [-0.3, -0.25) is 4.99 Å². The quantitative estimate of drug-likeness (QED) is 0.229. The number of aryl methyl sites for hydroxylation is 1. The fourth-order valence-corrected chi connectivity index (χ4v) is 3.60. The van der Waals surface area contributed by atoms with Gasteiger partial charge in [0, 0.05) is 48.8 Å². The van der Waals surface area contributed by atoms with Crippen molar-refractivity contribution in [3.05, 3.63) is 85.0 Å². The monoisotopic (exact) mass is 459 g/mol. The maximum atomic E-state index is 5.81. The summed E-state index contributed by atoms with van der Waals surface area (Å²) in [5.74, 6) is 1.84. The number of aliphatic imine (C=N–C) groups is 2. The molecule has 0 aliphatic heterocycles. The largest absolute Gasteiger partial charge is 0.494 e. The average Bonchev–Trinajstić information content (AvgIpc) is 3.08. The van der Waals surface area contributed by atoms with Gasteiger partial charge in [0.25, 0.3) is 0 Å². The fraction of sp³-hybridized carbons (Fsp3) is 0.400. The molecular formula is C30H41N3O. The van der Waals surface area contributed by atoms with Gasteiger partial charge in [-0.1, -0.05) is 51.3 Å². The normalized spacial score (nSPS) is 19.2. The minimum atomic E-state index is -0.161. The van der Waals surface area contributed by atoms with Crippen LogP contribution >= 0.6 is 0 Å². The molecule has 1 heterocycles. The minimum Gasteiger partial charge on any atom is -0.494 e. The number of allylic oxidation sites excluding steroid dienone is 8. The fourth-order valence-electron chi connectivity index (χ4n) is 3.60. The van der Waals surface area contributed by atoms with E-state index >= 15 is 0 Å². The summed E-state index contributed by atoms with van der Waals surface area (Å²) in [5.41, 5.74) is 3.97. The van der Waals surface area contributed by atoms with Gasteiger partial charge < -0.3 is 9.30 Å². The van der Waals surface area contributed by atoms with Crippen LogP contribution in [0.2, 0.25) is 0 Å². The summed E-state index contributed by atoms with van der Waals surface area (Å²) in [5, 5.41) is 0. The highest BCUT2D eigenvalue weighted by Gasteiger charge is 2.25. The van der Waals surface area contributed by atoms with Gasteiger partial charge in [0.2, 0.25) is 0 Å². The summed E-state index contributed by atoms with van der Waals surface area (Å²) >= 11 is 0. The van der Waals surface area contributed by atoms with Crippen LogP contribution in [0.1, 0.15) is 65.4 Å². The van der Waals surface area contributed by atoms with E-state index in [9.17, 15) is 0 Å². The van der Waals surface area contributed by atoms with Crippen molar-refractivity contribution >= 4 is 23.3 Å². The van der Waals surface area contributed by atoms with Gasteiger partial charge >= 0.3 is 0 Å². The third-order valence-electron chi connectivity index (χ3n) is 6.01. The Morgan fingerprint density at radius 2 is 2.06 bits per heavy atom. The Morgan fingerprint density at radius 3 is 2.79 bits per heavy atom. The molecule has 1 aliphatic carbocycles. The molecule has 0 amide bonds. The molecule has 4 heteroatoms. The second-order valence-electron chi connectivity index (χ2n) is 9.02. The zero-order chi connectivity index (χ0) is 25.0. The molecule has 0 saturated heterocycles. The van der Waals surface area contributed by atoms with Crippen molar-refractivity contribution in [1.82, 2.24) is 4.57 Å². The SMILES string of the molecule is C=C(C/C=C\N=C(\C)C/C=C\C)c1ccn(C)c1/N=C\C(=C)[C@]1(C)C=CC(OCCC)=CCC1. The highest BCUT2D eigenvalue weighted by Crippen LogP contribution is 2.36. The lowest BCUT2D eigenvalue weighted by Crippen LogP contribution is -2.16. The standard InChI is InChI=1S/C30H41N3O/c1-8-10-14-26(5)31-20-12-13-24(3)28-17-21-33(7)29(28)32-23-25(4)30(6)18-11-15-27(16-19-30)34-22-9-2/h8,10,12,15-17,19-21,23H,3-4,9,11,13-14,18,22H2,1-2,5-7H3/b10-8-,20-12-,31-26-,32-23-/t30-/m0/s1. The van der Waals surface area contributed by atoms with Crippen molar-refractivity contribution < 1.29 is 4.74 Å². The van der Waals surface area contributed by atoms with Crippen molar-refractivity contribution in [3.63, 3.8) is 0 Å². The molecule has 2 rings (SSSR count). The highest BCUT2D eigenvalue weighted by atomic mass is 16.5. The van der Waals surface area contributed by atoms with Gasteiger partial charge in [-0.2, -0.15) is 0 Å². The molecule has 0 aromatic carbocycles. The van der Waals surface area contributed by atoms with Crippen LogP contribution in [-0.2, 0) is 11.8 Å². The third kappa shape index (κ3) is 8.02. The first kappa shape index (κ1) is 27.1. The van der Waals surface area contributed by atoms with Crippen LogP contribution in [0.15, 0.2) is 89.4 Å². The van der Waals surface area contributed by atoms with Crippen molar-refractivity contribution in [3.8, 4) is 0 Å². The lowest BCUT2D eigenvalue weighted by atomic mass is 9.79. The summed E-state index contributed by atoms with van der Waals surface area (Å²) in [6.07, 6.45) is 22.9. The number of aromatic nitrogens is 1. The zero-order valence-corrected chi connectivity index (χ0v) is 21.7. The summed E-state index contributed by atoms with van der Waals surface area (Å²) in [6.45, 7) is 17.8. The van der Waals surface area contributed by atoms with Crippen molar-refractivity contribution in [2.75, 3.05) is 6.61 Å². The molecule has 0 spiro atoms. The molecule has 182 valence electrons. The molecule has 4 nitrogen and oxygen atoms in total. The van der Waals surface area contributed by atoms with Gasteiger partial charge in [0.15, 0.2) is 0 Å². The first-order valence-electron chi connectivity index (χ1n) is 12.2. The first-order valence-corrected chi connectivity index (χ1v) is 12.2. The minimum absolute atomic E-state index is 0.161. The van der Waals surface area contributed by atoms with E-state index in [1.165, 1.54) is 0 Å². The van der Waals surface area contributed by atoms with E-state index in [4.69, 9.17) is 9.73 Å². The molecular weight excluding hydrogens is 418 g/mol. The van der Waals surface area contributed by atoms with E-state index < -0.39 is 0 Å². The van der Waals surface area contributed by atoms with Crippen LogP contribution in [0.4, 0.5) is 5.82 Å². The second-order valence-corrected chi connectivity index (χ2v) is 9.02. The summed E-state index contributed by atoms with van der Waals surface area (Å²) < 4.78 is 7.84. The number of hydrogen-bond acceptors (Lipinski definition) is 3.